The minimum absolute atomic E-state index is 0.00129. The lowest BCUT2D eigenvalue weighted by atomic mass is 9.75. The number of benzene rings is 3. The van der Waals surface area contributed by atoms with Crippen molar-refractivity contribution < 1.29 is 36.2 Å². The van der Waals surface area contributed by atoms with Crippen LogP contribution in [0.15, 0.2) is 36.4 Å². The van der Waals surface area contributed by atoms with Gasteiger partial charge in [0.1, 0.15) is 6.10 Å². The Morgan fingerprint density at radius 1 is 0.658 bits per heavy atom. The molecule has 1 saturated carbocycles. The van der Waals surface area contributed by atoms with Crippen LogP contribution >= 0.6 is 0 Å². The van der Waals surface area contributed by atoms with Gasteiger partial charge in [0.25, 0.3) is 0 Å². The van der Waals surface area contributed by atoms with E-state index in [1.165, 1.54) is 43.3 Å². The number of rotatable bonds is 7. The van der Waals surface area contributed by atoms with E-state index in [-0.39, 0.29) is 58.1 Å². The molecule has 5 rings (SSSR count). The van der Waals surface area contributed by atoms with Crippen LogP contribution in [0.4, 0.5) is 26.3 Å². The molecule has 3 aromatic rings. The summed E-state index contributed by atoms with van der Waals surface area (Å²) in [6.07, 6.45) is 0.350. The van der Waals surface area contributed by atoms with Crippen molar-refractivity contribution in [3.8, 4) is 0 Å². The van der Waals surface area contributed by atoms with Crippen molar-refractivity contribution in [3.63, 3.8) is 0 Å². The summed E-state index contributed by atoms with van der Waals surface area (Å²) in [7, 11) is 0. The maximum atomic E-state index is 15.1. The molecule has 1 aliphatic carbocycles. The molecule has 0 amide bonds. The number of halogens is 6. The van der Waals surface area contributed by atoms with E-state index >= 15 is 4.39 Å². The number of epoxide rings is 1. The third kappa shape index (κ3) is 5.08. The van der Waals surface area contributed by atoms with E-state index < -0.39 is 47.1 Å². The van der Waals surface area contributed by atoms with Gasteiger partial charge in [-0.05, 0) is 79.5 Å². The van der Waals surface area contributed by atoms with Crippen molar-refractivity contribution in [2.24, 2.45) is 0 Å². The van der Waals surface area contributed by atoms with Crippen LogP contribution < -0.4 is 0 Å². The van der Waals surface area contributed by atoms with Gasteiger partial charge in [-0.25, -0.2) is 26.3 Å². The second kappa shape index (κ2) is 10.7. The van der Waals surface area contributed by atoms with E-state index in [1.807, 2.05) is 0 Å². The van der Waals surface area contributed by atoms with E-state index in [0.29, 0.717) is 32.3 Å². The highest BCUT2D eigenvalue weighted by atomic mass is 19.2. The largest absolute Gasteiger partial charge is 0.389 e. The Balaban J connectivity index is 1.25. The van der Waals surface area contributed by atoms with Gasteiger partial charge < -0.3 is 9.84 Å². The highest BCUT2D eigenvalue weighted by Gasteiger charge is 2.31. The SMILES string of the molecule is CC(O)c1ccc(C2CCC(c3ccc(CCc4ccc(C5CO5)c(F)c4F)c(F)c3F)CC2)c(F)c1F. The molecule has 2 atom stereocenters. The van der Waals surface area contributed by atoms with Crippen LogP contribution in [-0.4, -0.2) is 11.7 Å². The molecule has 1 saturated heterocycles. The maximum absolute atomic E-state index is 15.1. The molecule has 38 heavy (non-hydrogen) atoms. The predicted molar refractivity (Wildman–Crippen MR) is 130 cm³/mol. The van der Waals surface area contributed by atoms with Gasteiger partial charge in [-0.1, -0.05) is 36.4 Å². The molecule has 2 unspecified atom stereocenters. The highest BCUT2D eigenvalue weighted by Crippen LogP contribution is 2.43. The molecule has 0 radical (unpaired) electrons. The summed E-state index contributed by atoms with van der Waals surface area (Å²) >= 11 is 0. The van der Waals surface area contributed by atoms with Crippen molar-refractivity contribution in [2.75, 3.05) is 6.61 Å². The van der Waals surface area contributed by atoms with Gasteiger partial charge >= 0.3 is 0 Å². The van der Waals surface area contributed by atoms with Crippen LogP contribution in [0.25, 0.3) is 0 Å². The smallest absolute Gasteiger partial charge is 0.164 e. The van der Waals surface area contributed by atoms with Gasteiger partial charge in [0.05, 0.1) is 12.7 Å². The summed E-state index contributed by atoms with van der Waals surface area (Å²) in [6, 6.07) is 8.79. The number of aliphatic hydroxyl groups is 1. The average Bonchev–Trinajstić information content (AvgIpc) is 3.74. The fourth-order valence-electron chi connectivity index (χ4n) is 5.59. The molecule has 1 N–H and O–H groups in total. The first-order valence-corrected chi connectivity index (χ1v) is 12.9. The lowest BCUT2D eigenvalue weighted by Crippen LogP contribution is -2.16. The van der Waals surface area contributed by atoms with Crippen molar-refractivity contribution in [1.82, 2.24) is 0 Å². The molecule has 0 spiro atoms. The Bertz CT molecular complexity index is 1340. The second-order valence-corrected chi connectivity index (χ2v) is 10.3. The zero-order valence-corrected chi connectivity index (χ0v) is 20.8. The van der Waals surface area contributed by atoms with Crippen LogP contribution in [0.2, 0.25) is 0 Å². The van der Waals surface area contributed by atoms with E-state index in [4.69, 9.17) is 4.74 Å². The Hall–Kier alpha value is -2.84. The minimum Gasteiger partial charge on any atom is -0.389 e. The van der Waals surface area contributed by atoms with Crippen molar-refractivity contribution in [3.05, 3.63) is 105 Å². The summed E-state index contributed by atoms with van der Waals surface area (Å²) in [4.78, 5) is 0. The third-order valence-electron chi connectivity index (χ3n) is 7.93. The Labute approximate surface area is 217 Å². The molecule has 3 aromatic carbocycles. The zero-order chi connectivity index (χ0) is 27.1. The molecule has 2 nitrogen and oxygen atoms in total. The number of hydrogen-bond acceptors (Lipinski definition) is 2. The van der Waals surface area contributed by atoms with Crippen molar-refractivity contribution in [2.45, 2.75) is 69.5 Å². The third-order valence-corrected chi connectivity index (χ3v) is 7.93. The Morgan fingerprint density at radius 2 is 1.08 bits per heavy atom. The number of ether oxygens (including phenoxy) is 1. The normalized spacial score (nSPS) is 21.9. The van der Waals surface area contributed by atoms with Crippen LogP contribution in [0, 0.1) is 34.9 Å². The monoisotopic (exact) mass is 534 g/mol. The van der Waals surface area contributed by atoms with E-state index in [0.717, 1.165) is 0 Å². The van der Waals surface area contributed by atoms with Crippen LogP contribution in [-0.2, 0) is 17.6 Å². The molecule has 202 valence electrons. The van der Waals surface area contributed by atoms with Gasteiger partial charge in [-0.15, -0.1) is 0 Å². The fraction of sp³-hybridized carbons (Fsp3) is 0.400. The highest BCUT2D eigenvalue weighted by molar-refractivity contribution is 5.34. The molecule has 2 aliphatic rings. The summed E-state index contributed by atoms with van der Waals surface area (Å²) in [5.41, 5.74) is 0.674. The number of hydrogen-bond donors (Lipinski definition) is 1. The molecule has 8 heteroatoms. The van der Waals surface area contributed by atoms with E-state index in [2.05, 4.69) is 0 Å². The number of aliphatic hydroxyl groups excluding tert-OH is 1. The van der Waals surface area contributed by atoms with Crippen molar-refractivity contribution in [1.29, 1.82) is 0 Å². The Kier molecular flexibility index (Phi) is 7.56. The molecule has 1 aliphatic heterocycles. The number of aryl methyl sites for hydroxylation is 2. The minimum atomic E-state index is -1.13. The predicted octanol–water partition coefficient (Wildman–Crippen LogP) is 7.87. The van der Waals surface area contributed by atoms with Gasteiger partial charge in [0.15, 0.2) is 34.9 Å². The fourth-order valence-corrected chi connectivity index (χ4v) is 5.59. The topological polar surface area (TPSA) is 32.8 Å². The van der Waals surface area contributed by atoms with Crippen LogP contribution in [0.3, 0.4) is 0 Å². The Morgan fingerprint density at radius 3 is 1.55 bits per heavy atom. The quantitative estimate of drug-likeness (QED) is 0.247. The first kappa shape index (κ1) is 26.8. The van der Waals surface area contributed by atoms with Crippen LogP contribution in [0.5, 0.6) is 0 Å². The summed E-state index contributed by atoms with van der Waals surface area (Å²) in [5, 5.41) is 9.59. The van der Waals surface area contributed by atoms with Gasteiger partial charge in [0.2, 0.25) is 0 Å². The molecule has 0 aromatic heterocycles. The van der Waals surface area contributed by atoms with E-state index in [9.17, 15) is 27.1 Å². The zero-order valence-electron chi connectivity index (χ0n) is 20.8. The average molecular weight is 535 g/mol. The van der Waals surface area contributed by atoms with Crippen molar-refractivity contribution >= 4 is 0 Å². The summed E-state index contributed by atoms with van der Waals surface area (Å²) < 4.78 is 92.7. The molecular weight excluding hydrogens is 506 g/mol. The lowest BCUT2D eigenvalue weighted by molar-refractivity contribution is 0.192. The van der Waals surface area contributed by atoms with Crippen LogP contribution in [0.1, 0.15) is 90.0 Å². The molecule has 0 bridgehead atoms. The van der Waals surface area contributed by atoms with E-state index in [1.54, 1.807) is 0 Å². The standard InChI is InChI=1S/C30H28F6O2/c1-15(37)20-12-13-22(29(35)27(20)33)17-4-2-16(3-5-17)21-10-8-18(25(31)28(21)34)6-7-19-9-11-23(24-14-38-24)30(36)26(19)32/h8-13,15-17,24,37H,2-7,14H2,1H3. The first-order valence-electron chi connectivity index (χ1n) is 12.9. The van der Waals surface area contributed by atoms with Gasteiger partial charge in [-0.2, -0.15) is 0 Å². The van der Waals surface area contributed by atoms with Gasteiger partial charge in [-0.3, -0.25) is 0 Å². The molecule has 1 heterocycles. The first-order chi connectivity index (χ1) is 18.2. The summed E-state index contributed by atoms with van der Waals surface area (Å²) in [5.74, 6) is -6.49. The molecular formula is C30H28F6O2. The lowest BCUT2D eigenvalue weighted by Gasteiger charge is -2.30. The summed E-state index contributed by atoms with van der Waals surface area (Å²) in [6.45, 7) is 1.71. The molecule has 2 fully saturated rings. The maximum Gasteiger partial charge on any atom is 0.164 e. The second-order valence-electron chi connectivity index (χ2n) is 10.3. The van der Waals surface area contributed by atoms with Gasteiger partial charge in [0, 0.05) is 11.1 Å².